The molecule has 3 rings (SSSR count). The van der Waals surface area contributed by atoms with Gasteiger partial charge >= 0.3 is 0 Å². The Morgan fingerprint density at radius 3 is 2.42 bits per heavy atom. The summed E-state index contributed by atoms with van der Waals surface area (Å²) in [5, 5.41) is 10.8. The van der Waals surface area contributed by atoms with E-state index in [4.69, 9.17) is 9.47 Å². The highest BCUT2D eigenvalue weighted by atomic mass is 16.7. The minimum atomic E-state index is -0.407. The van der Waals surface area contributed by atoms with Crippen LogP contribution >= 0.6 is 0 Å². The Balaban J connectivity index is 1.82. The minimum Gasteiger partial charge on any atom is -0.345 e. The summed E-state index contributed by atoms with van der Waals surface area (Å²) >= 11 is 0. The molecule has 1 saturated carbocycles. The lowest BCUT2D eigenvalue weighted by Crippen LogP contribution is -2.47. The molecule has 0 bridgehead atoms. The van der Waals surface area contributed by atoms with Crippen molar-refractivity contribution in [2.24, 2.45) is 11.8 Å². The van der Waals surface area contributed by atoms with E-state index in [9.17, 15) is 10.1 Å². The monoisotopic (exact) mass is 333 g/mol. The molecule has 0 radical (unpaired) electrons. The van der Waals surface area contributed by atoms with Crippen molar-refractivity contribution in [1.82, 2.24) is 0 Å². The third-order valence-corrected chi connectivity index (χ3v) is 5.64. The topological polar surface area (TPSA) is 61.6 Å². The molecule has 0 spiro atoms. The molecule has 1 aromatic rings. The van der Waals surface area contributed by atoms with E-state index < -0.39 is 6.29 Å². The van der Waals surface area contributed by atoms with Gasteiger partial charge in [0.05, 0.1) is 17.1 Å². The van der Waals surface area contributed by atoms with E-state index in [1.807, 2.05) is 0 Å². The van der Waals surface area contributed by atoms with Gasteiger partial charge in [0.15, 0.2) is 6.29 Å². The number of rotatable bonds is 5. The fourth-order valence-corrected chi connectivity index (χ4v) is 4.23. The van der Waals surface area contributed by atoms with Gasteiger partial charge in [0, 0.05) is 23.6 Å². The maximum absolute atomic E-state index is 10.8. The Labute approximate surface area is 143 Å². The van der Waals surface area contributed by atoms with Crippen LogP contribution in [0.2, 0.25) is 0 Å². The van der Waals surface area contributed by atoms with Gasteiger partial charge < -0.3 is 9.47 Å². The number of benzene rings is 1. The summed E-state index contributed by atoms with van der Waals surface area (Å²) in [6, 6.07) is 6.58. The Hall–Kier alpha value is -1.46. The molecule has 4 atom stereocenters. The highest BCUT2D eigenvalue weighted by Gasteiger charge is 2.43. The molecular formula is C19H27NO4. The lowest BCUT2D eigenvalue weighted by atomic mass is 9.76. The molecule has 2 aliphatic rings. The smallest absolute Gasteiger partial charge is 0.269 e. The van der Waals surface area contributed by atoms with Gasteiger partial charge in [0.25, 0.3) is 5.69 Å². The van der Waals surface area contributed by atoms with Crippen molar-refractivity contribution >= 4 is 5.69 Å². The second kappa shape index (κ2) is 7.62. The van der Waals surface area contributed by atoms with Crippen LogP contribution in [0.1, 0.15) is 64.2 Å². The lowest BCUT2D eigenvalue weighted by Gasteiger charge is -2.47. The minimum absolute atomic E-state index is 0.0987. The first kappa shape index (κ1) is 17.4. The zero-order chi connectivity index (χ0) is 17.1. The number of nitrogens with zero attached hydrogens (tertiary/aromatic N) is 1. The van der Waals surface area contributed by atoms with Gasteiger partial charge in [-0.1, -0.05) is 39.5 Å². The summed E-state index contributed by atoms with van der Waals surface area (Å²) < 4.78 is 12.6. The number of non-ortho nitro benzene ring substituents is 1. The van der Waals surface area contributed by atoms with Crippen molar-refractivity contribution < 1.29 is 14.4 Å². The Morgan fingerprint density at radius 1 is 1.12 bits per heavy atom. The molecule has 0 amide bonds. The first-order chi connectivity index (χ1) is 11.6. The standard InChI is InChI=1S/C19H27NO4/c1-3-13(4-2)18-16-7-5-6-8-17(16)23-19(24-18)14-9-11-15(12-10-14)20(21)22/h9-13,16-19H,3-8H2,1-2H3/t16-,17+,18-,19+/m1/s1. The third kappa shape index (κ3) is 3.47. The first-order valence-electron chi connectivity index (χ1n) is 9.19. The fraction of sp³-hybridized carbons (Fsp3) is 0.684. The van der Waals surface area contributed by atoms with Crippen LogP contribution in [0.25, 0.3) is 0 Å². The summed E-state index contributed by atoms with van der Waals surface area (Å²) in [4.78, 5) is 10.5. The average Bonchev–Trinajstić information content (AvgIpc) is 2.62. The molecule has 5 nitrogen and oxygen atoms in total. The van der Waals surface area contributed by atoms with E-state index in [1.165, 1.54) is 31.4 Å². The van der Waals surface area contributed by atoms with Crippen molar-refractivity contribution in [3.63, 3.8) is 0 Å². The van der Waals surface area contributed by atoms with E-state index in [-0.39, 0.29) is 22.8 Å². The van der Waals surface area contributed by atoms with Crippen LogP contribution in [-0.4, -0.2) is 17.1 Å². The van der Waals surface area contributed by atoms with Gasteiger partial charge in [-0.15, -0.1) is 0 Å². The van der Waals surface area contributed by atoms with Crippen molar-refractivity contribution in [3.8, 4) is 0 Å². The van der Waals surface area contributed by atoms with Crippen LogP contribution in [0.5, 0.6) is 0 Å². The molecule has 2 fully saturated rings. The number of ether oxygens (including phenoxy) is 2. The molecule has 1 aliphatic carbocycles. The molecule has 0 aromatic heterocycles. The molecule has 1 aromatic carbocycles. The second-order valence-corrected chi connectivity index (χ2v) is 6.98. The van der Waals surface area contributed by atoms with Gasteiger partial charge in [0.2, 0.25) is 0 Å². The molecule has 0 unspecified atom stereocenters. The van der Waals surface area contributed by atoms with Crippen LogP contribution in [0, 0.1) is 22.0 Å². The Kier molecular flexibility index (Phi) is 5.51. The van der Waals surface area contributed by atoms with Crippen molar-refractivity contribution in [3.05, 3.63) is 39.9 Å². The molecule has 0 N–H and O–H groups in total. The van der Waals surface area contributed by atoms with Gasteiger partial charge in [0.1, 0.15) is 0 Å². The number of hydrogen-bond acceptors (Lipinski definition) is 4. The van der Waals surface area contributed by atoms with Gasteiger partial charge in [-0.25, -0.2) is 0 Å². The number of nitro groups is 1. The number of hydrogen-bond donors (Lipinski definition) is 0. The molecule has 24 heavy (non-hydrogen) atoms. The van der Waals surface area contributed by atoms with Crippen LogP contribution in [0.3, 0.4) is 0 Å². The summed E-state index contributed by atoms with van der Waals surface area (Å²) in [5.41, 5.74) is 0.974. The van der Waals surface area contributed by atoms with Crippen molar-refractivity contribution in [2.75, 3.05) is 0 Å². The summed E-state index contributed by atoms with van der Waals surface area (Å²) in [5.74, 6) is 1.03. The normalized spacial score (nSPS) is 30.1. The number of fused-ring (bicyclic) bond motifs is 1. The van der Waals surface area contributed by atoms with E-state index in [0.717, 1.165) is 24.8 Å². The fourth-order valence-electron chi connectivity index (χ4n) is 4.23. The van der Waals surface area contributed by atoms with Crippen molar-refractivity contribution in [1.29, 1.82) is 0 Å². The number of nitro benzene ring substituents is 1. The summed E-state index contributed by atoms with van der Waals surface area (Å²) in [6.07, 6.45) is 7.02. The van der Waals surface area contributed by atoms with E-state index in [1.54, 1.807) is 12.1 Å². The van der Waals surface area contributed by atoms with E-state index in [2.05, 4.69) is 13.8 Å². The van der Waals surface area contributed by atoms with Gasteiger partial charge in [-0.3, -0.25) is 10.1 Å². The predicted molar refractivity (Wildman–Crippen MR) is 91.6 cm³/mol. The largest absolute Gasteiger partial charge is 0.345 e. The molecule has 1 heterocycles. The molecule has 1 aliphatic heterocycles. The van der Waals surface area contributed by atoms with Crippen LogP contribution in [0.15, 0.2) is 24.3 Å². The highest BCUT2D eigenvalue weighted by molar-refractivity contribution is 5.33. The maximum Gasteiger partial charge on any atom is 0.269 e. The molecule has 5 heteroatoms. The molecule has 132 valence electrons. The molecular weight excluding hydrogens is 306 g/mol. The Morgan fingerprint density at radius 2 is 1.79 bits per heavy atom. The second-order valence-electron chi connectivity index (χ2n) is 6.98. The van der Waals surface area contributed by atoms with Crippen molar-refractivity contribution in [2.45, 2.75) is 70.9 Å². The maximum atomic E-state index is 10.8. The van der Waals surface area contributed by atoms with Gasteiger partial charge in [-0.2, -0.15) is 0 Å². The predicted octanol–water partition coefficient (Wildman–Crippen LogP) is 5.00. The first-order valence-corrected chi connectivity index (χ1v) is 9.19. The van der Waals surface area contributed by atoms with Crippen LogP contribution in [0.4, 0.5) is 5.69 Å². The summed E-state index contributed by atoms with van der Waals surface area (Å²) in [7, 11) is 0. The lowest BCUT2D eigenvalue weighted by molar-refractivity contribution is -0.384. The SMILES string of the molecule is CCC(CC)[C@H]1O[C@@H](c2ccc([N+](=O)[O-])cc2)O[C@H]2CCCC[C@H]21. The zero-order valence-corrected chi connectivity index (χ0v) is 14.5. The average molecular weight is 333 g/mol. The van der Waals surface area contributed by atoms with Crippen LogP contribution < -0.4 is 0 Å². The summed E-state index contributed by atoms with van der Waals surface area (Å²) in [6.45, 7) is 4.46. The van der Waals surface area contributed by atoms with E-state index in [0.29, 0.717) is 11.8 Å². The Bertz CT molecular complexity index is 555. The quantitative estimate of drug-likeness (QED) is 0.561. The molecule has 1 saturated heterocycles. The zero-order valence-electron chi connectivity index (χ0n) is 14.5. The van der Waals surface area contributed by atoms with Gasteiger partial charge in [-0.05, 0) is 30.9 Å². The van der Waals surface area contributed by atoms with Crippen LogP contribution in [-0.2, 0) is 9.47 Å². The third-order valence-electron chi connectivity index (χ3n) is 5.64. The van der Waals surface area contributed by atoms with E-state index >= 15 is 0 Å². The highest BCUT2D eigenvalue weighted by Crippen LogP contribution is 2.44.